The smallest absolute Gasteiger partial charge is 0.225 e. The summed E-state index contributed by atoms with van der Waals surface area (Å²) < 4.78 is 0. The molecular weight excluding hydrogens is 288 g/mol. The Kier molecular flexibility index (Phi) is 6.65. The minimum atomic E-state index is -0.458. The van der Waals surface area contributed by atoms with Gasteiger partial charge in [0.05, 0.1) is 6.10 Å². The number of hydrogen-bond donors (Lipinski definition) is 2. The van der Waals surface area contributed by atoms with E-state index < -0.39 is 6.10 Å². The zero-order valence-corrected chi connectivity index (χ0v) is 13.5. The van der Waals surface area contributed by atoms with Gasteiger partial charge >= 0.3 is 0 Å². The number of aliphatic hydroxyl groups excluding tert-OH is 1. The molecule has 1 saturated carbocycles. The van der Waals surface area contributed by atoms with Gasteiger partial charge in [0.25, 0.3) is 0 Å². The van der Waals surface area contributed by atoms with Crippen molar-refractivity contribution in [2.24, 2.45) is 11.7 Å². The summed E-state index contributed by atoms with van der Waals surface area (Å²) >= 11 is 0. The molecule has 21 heavy (non-hydrogen) atoms. The van der Waals surface area contributed by atoms with Crippen LogP contribution in [-0.4, -0.2) is 35.1 Å². The molecular formula is C16H25ClN2O2. The van der Waals surface area contributed by atoms with Gasteiger partial charge in [-0.2, -0.15) is 0 Å². The number of nitrogens with two attached hydrogens (primary N) is 1. The molecule has 0 aliphatic heterocycles. The van der Waals surface area contributed by atoms with Crippen molar-refractivity contribution in [3.8, 4) is 0 Å². The van der Waals surface area contributed by atoms with Crippen molar-refractivity contribution >= 4 is 18.3 Å². The van der Waals surface area contributed by atoms with Crippen LogP contribution in [0.4, 0.5) is 0 Å². The van der Waals surface area contributed by atoms with E-state index in [2.05, 4.69) is 19.1 Å². The molecule has 1 aromatic rings. The fourth-order valence-electron chi connectivity index (χ4n) is 2.85. The molecule has 2 rings (SSSR count). The quantitative estimate of drug-likeness (QED) is 0.895. The van der Waals surface area contributed by atoms with Crippen molar-refractivity contribution in [3.63, 3.8) is 0 Å². The van der Waals surface area contributed by atoms with Crippen LogP contribution in [0.1, 0.15) is 30.4 Å². The summed E-state index contributed by atoms with van der Waals surface area (Å²) in [7, 11) is 1.84. The third kappa shape index (κ3) is 4.43. The van der Waals surface area contributed by atoms with E-state index in [1.54, 1.807) is 4.90 Å². The lowest BCUT2D eigenvalue weighted by Crippen LogP contribution is -2.45. The highest BCUT2D eigenvalue weighted by Gasteiger charge is 2.32. The first-order valence-electron chi connectivity index (χ1n) is 7.22. The zero-order valence-electron chi connectivity index (χ0n) is 12.7. The highest BCUT2D eigenvalue weighted by Crippen LogP contribution is 2.25. The summed E-state index contributed by atoms with van der Waals surface area (Å²) in [4.78, 5) is 14.2. The predicted molar refractivity (Wildman–Crippen MR) is 86.2 cm³/mol. The molecule has 1 fully saturated rings. The van der Waals surface area contributed by atoms with Gasteiger partial charge in [-0.3, -0.25) is 4.79 Å². The maximum Gasteiger partial charge on any atom is 0.225 e. The second-order valence-electron chi connectivity index (χ2n) is 5.86. The molecule has 0 aromatic heterocycles. The summed E-state index contributed by atoms with van der Waals surface area (Å²) in [5, 5.41) is 9.64. The van der Waals surface area contributed by atoms with Gasteiger partial charge in [0.15, 0.2) is 0 Å². The molecule has 3 N–H and O–H groups in total. The summed E-state index contributed by atoms with van der Waals surface area (Å²) in [6, 6.07) is 7.83. The number of hydrogen-bond acceptors (Lipinski definition) is 3. The first-order chi connectivity index (χ1) is 9.49. The number of carbonyl (C=O) groups is 1. The maximum absolute atomic E-state index is 12.5. The largest absolute Gasteiger partial charge is 0.392 e. The molecule has 1 aromatic carbocycles. The minimum Gasteiger partial charge on any atom is -0.392 e. The Bertz CT molecular complexity index is 481. The van der Waals surface area contributed by atoms with Crippen LogP contribution in [0.2, 0.25) is 0 Å². The van der Waals surface area contributed by atoms with Crippen molar-refractivity contribution in [1.29, 1.82) is 0 Å². The van der Waals surface area contributed by atoms with E-state index in [1.807, 2.05) is 19.2 Å². The van der Waals surface area contributed by atoms with Crippen LogP contribution in [0.25, 0.3) is 0 Å². The molecule has 0 unspecified atom stereocenters. The molecule has 1 aliphatic rings. The minimum absolute atomic E-state index is 0. The summed E-state index contributed by atoms with van der Waals surface area (Å²) in [5.41, 5.74) is 8.23. The highest BCUT2D eigenvalue weighted by molar-refractivity contribution is 5.85. The van der Waals surface area contributed by atoms with Crippen molar-refractivity contribution in [3.05, 3.63) is 35.4 Å². The van der Waals surface area contributed by atoms with Gasteiger partial charge in [0.2, 0.25) is 5.91 Å². The molecule has 0 saturated heterocycles. The normalized spacial score (nSPS) is 25.0. The van der Waals surface area contributed by atoms with E-state index in [-0.39, 0.29) is 30.3 Å². The first kappa shape index (κ1) is 18.0. The Morgan fingerprint density at radius 3 is 2.67 bits per heavy atom. The molecule has 118 valence electrons. The van der Waals surface area contributed by atoms with Crippen molar-refractivity contribution < 1.29 is 9.90 Å². The summed E-state index contributed by atoms with van der Waals surface area (Å²) in [6.07, 6.45) is 1.47. The van der Waals surface area contributed by atoms with Gasteiger partial charge in [-0.1, -0.05) is 24.3 Å². The fourth-order valence-corrected chi connectivity index (χ4v) is 2.85. The standard InChI is InChI=1S/C16H24N2O2.ClH/c1-11-5-3-4-6-13(11)10-18(2)16(20)12-7-8-15(19)14(17)9-12;/h3-6,12,14-15,19H,7-10,17H2,1-2H3;1H/t12-,14+,15+;/m0./s1. The monoisotopic (exact) mass is 312 g/mol. The molecule has 5 heteroatoms. The van der Waals surface area contributed by atoms with Crippen LogP contribution < -0.4 is 5.73 Å². The average Bonchev–Trinajstić information content (AvgIpc) is 2.43. The lowest BCUT2D eigenvalue weighted by atomic mass is 9.83. The highest BCUT2D eigenvalue weighted by atomic mass is 35.5. The number of aliphatic hydroxyl groups is 1. The molecule has 0 bridgehead atoms. The first-order valence-corrected chi connectivity index (χ1v) is 7.22. The number of halogens is 1. The van der Waals surface area contributed by atoms with E-state index in [4.69, 9.17) is 5.73 Å². The van der Waals surface area contributed by atoms with Crippen molar-refractivity contribution in [2.75, 3.05) is 7.05 Å². The zero-order chi connectivity index (χ0) is 14.7. The second-order valence-corrected chi connectivity index (χ2v) is 5.86. The third-order valence-corrected chi connectivity index (χ3v) is 4.26. The SMILES string of the molecule is Cc1ccccc1CN(C)C(=O)[C@H]1CC[C@@H](O)[C@H](N)C1.Cl. The number of carbonyl (C=O) groups excluding carboxylic acids is 1. The van der Waals surface area contributed by atoms with Gasteiger partial charge in [-0.15, -0.1) is 12.4 Å². The van der Waals surface area contributed by atoms with E-state index >= 15 is 0 Å². The second kappa shape index (κ2) is 7.78. The van der Waals surface area contributed by atoms with Gasteiger partial charge in [-0.25, -0.2) is 0 Å². The van der Waals surface area contributed by atoms with E-state index in [9.17, 15) is 9.90 Å². The van der Waals surface area contributed by atoms with Gasteiger partial charge in [-0.05, 0) is 37.3 Å². The molecule has 0 radical (unpaired) electrons. The molecule has 1 amide bonds. The lowest BCUT2D eigenvalue weighted by molar-refractivity contribution is -0.136. The number of benzene rings is 1. The molecule has 4 nitrogen and oxygen atoms in total. The fraction of sp³-hybridized carbons (Fsp3) is 0.562. The Morgan fingerprint density at radius 1 is 1.38 bits per heavy atom. The number of nitrogens with zero attached hydrogens (tertiary/aromatic N) is 1. The topological polar surface area (TPSA) is 66.6 Å². The third-order valence-electron chi connectivity index (χ3n) is 4.26. The van der Waals surface area contributed by atoms with Crippen molar-refractivity contribution in [2.45, 2.75) is 44.9 Å². The van der Waals surface area contributed by atoms with Gasteiger partial charge in [0.1, 0.15) is 0 Å². The van der Waals surface area contributed by atoms with Crippen molar-refractivity contribution in [1.82, 2.24) is 4.90 Å². The lowest BCUT2D eigenvalue weighted by Gasteiger charge is -2.32. The molecule has 0 spiro atoms. The Balaban J connectivity index is 0.00000220. The van der Waals surface area contributed by atoms with Gasteiger partial charge < -0.3 is 15.7 Å². The van der Waals surface area contributed by atoms with Crippen LogP contribution >= 0.6 is 12.4 Å². The van der Waals surface area contributed by atoms with E-state index in [1.165, 1.54) is 11.1 Å². The Morgan fingerprint density at radius 2 is 2.05 bits per heavy atom. The summed E-state index contributed by atoms with van der Waals surface area (Å²) in [6.45, 7) is 2.68. The Hall–Kier alpha value is -1.10. The van der Waals surface area contributed by atoms with Crippen LogP contribution in [0.5, 0.6) is 0 Å². The number of aryl methyl sites for hydroxylation is 1. The summed E-state index contributed by atoms with van der Waals surface area (Å²) in [5.74, 6) is 0.0815. The van der Waals surface area contributed by atoms with Crippen LogP contribution in [-0.2, 0) is 11.3 Å². The van der Waals surface area contributed by atoms with Crippen LogP contribution in [0.15, 0.2) is 24.3 Å². The van der Waals surface area contributed by atoms with Gasteiger partial charge in [0, 0.05) is 25.6 Å². The number of amides is 1. The van der Waals surface area contributed by atoms with E-state index in [0.29, 0.717) is 19.4 Å². The maximum atomic E-state index is 12.5. The average molecular weight is 313 g/mol. The molecule has 3 atom stereocenters. The molecule has 1 aliphatic carbocycles. The molecule has 0 heterocycles. The van der Waals surface area contributed by atoms with Crippen LogP contribution in [0.3, 0.4) is 0 Å². The van der Waals surface area contributed by atoms with Crippen LogP contribution in [0, 0.1) is 12.8 Å². The number of rotatable bonds is 3. The Labute approximate surface area is 132 Å². The van der Waals surface area contributed by atoms with E-state index in [0.717, 1.165) is 6.42 Å². The predicted octanol–water partition coefficient (Wildman–Crippen LogP) is 1.86.